The lowest BCUT2D eigenvalue weighted by molar-refractivity contribution is -0.148. The molecule has 1 aliphatic rings. The Morgan fingerprint density at radius 2 is 2.06 bits per heavy atom. The second-order valence-electron chi connectivity index (χ2n) is 7.80. The van der Waals surface area contributed by atoms with E-state index >= 15 is 0 Å². The lowest BCUT2D eigenvalue weighted by Gasteiger charge is -2.20. The SMILES string of the molecule is O=C(O)C1(Cc2cn(Cc3nc4ccc(F)cc4n3-c3ccccc3)nn2)CCOC1. The van der Waals surface area contributed by atoms with Crippen molar-refractivity contribution in [2.45, 2.75) is 19.4 Å². The summed E-state index contributed by atoms with van der Waals surface area (Å²) in [6, 6.07) is 14.1. The number of carboxylic acids is 1. The van der Waals surface area contributed by atoms with E-state index in [2.05, 4.69) is 15.3 Å². The summed E-state index contributed by atoms with van der Waals surface area (Å²) in [6.07, 6.45) is 2.44. The fraction of sp³-hybridized carbons (Fsp3) is 0.273. The van der Waals surface area contributed by atoms with E-state index in [-0.39, 0.29) is 18.8 Å². The number of hydrogen-bond donors (Lipinski definition) is 1. The third-order valence-corrected chi connectivity index (χ3v) is 5.67. The Labute approximate surface area is 176 Å². The molecule has 1 saturated heterocycles. The van der Waals surface area contributed by atoms with Gasteiger partial charge in [-0.3, -0.25) is 9.36 Å². The Bertz CT molecular complexity index is 1240. The van der Waals surface area contributed by atoms with E-state index in [9.17, 15) is 14.3 Å². The minimum atomic E-state index is -0.963. The molecule has 0 amide bonds. The van der Waals surface area contributed by atoms with Gasteiger partial charge in [0.2, 0.25) is 0 Å². The number of fused-ring (bicyclic) bond motifs is 1. The van der Waals surface area contributed by atoms with Gasteiger partial charge in [-0.05, 0) is 30.7 Å². The molecule has 9 heteroatoms. The van der Waals surface area contributed by atoms with Crippen molar-refractivity contribution in [3.63, 3.8) is 0 Å². The van der Waals surface area contributed by atoms with Crippen molar-refractivity contribution in [1.29, 1.82) is 0 Å². The first-order valence-electron chi connectivity index (χ1n) is 9.97. The number of aliphatic carboxylic acids is 1. The number of imidazole rings is 1. The number of para-hydroxylation sites is 1. The third kappa shape index (κ3) is 3.57. The Kier molecular flexibility index (Phi) is 4.74. The van der Waals surface area contributed by atoms with Crippen molar-refractivity contribution in [2.24, 2.45) is 5.41 Å². The average molecular weight is 421 g/mol. The van der Waals surface area contributed by atoms with Crippen LogP contribution >= 0.6 is 0 Å². The number of ether oxygens (including phenoxy) is 1. The van der Waals surface area contributed by atoms with E-state index in [1.54, 1.807) is 16.9 Å². The van der Waals surface area contributed by atoms with Crippen molar-refractivity contribution < 1.29 is 19.0 Å². The van der Waals surface area contributed by atoms with E-state index in [1.165, 1.54) is 12.1 Å². The molecule has 2 aromatic carbocycles. The van der Waals surface area contributed by atoms with Gasteiger partial charge in [-0.25, -0.2) is 14.1 Å². The molecule has 3 heterocycles. The summed E-state index contributed by atoms with van der Waals surface area (Å²) in [5, 5.41) is 18.0. The molecule has 1 unspecified atom stereocenters. The molecule has 0 saturated carbocycles. The molecular formula is C22H20FN5O3. The van der Waals surface area contributed by atoms with Crippen LogP contribution in [-0.4, -0.2) is 48.8 Å². The Morgan fingerprint density at radius 3 is 2.81 bits per heavy atom. The van der Waals surface area contributed by atoms with Crippen molar-refractivity contribution in [2.75, 3.05) is 13.2 Å². The molecule has 8 nitrogen and oxygen atoms in total. The zero-order valence-corrected chi connectivity index (χ0v) is 16.6. The number of rotatable bonds is 6. The molecule has 0 radical (unpaired) electrons. The minimum Gasteiger partial charge on any atom is -0.481 e. The van der Waals surface area contributed by atoms with Crippen LogP contribution in [0.2, 0.25) is 0 Å². The van der Waals surface area contributed by atoms with E-state index in [0.717, 1.165) is 5.69 Å². The molecule has 1 aliphatic heterocycles. The lowest BCUT2D eigenvalue weighted by Crippen LogP contribution is -2.34. The number of benzene rings is 2. The zero-order valence-electron chi connectivity index (χ0n) is 16.6. The van der Waals surface area contributed by atoms with Crippen LogP contribution in [0.1, 0.15) is 17.9 Å². The number of halogens is 1. The van der Waals surface area contributed by atoms with Gasteiger partial charge in [-0.1, -0.05) is 23.4 Å². The lowest BCUT2D eigenvalue weighted by atomic mass is 9.83. The summed E-state index contributed by atoms with van der Waals surface area (Å²) < 4.78 is 22.8. The predicted octanol–water partition coefficient (Wildman–Crippen LogP) is 2.84. The highest BCUT2D eigenvalue weighted by molar-refractivity contribution is 5.78. The fourth-order valence-electron chi connectivity index (χ4n) is 4.05. The van der Waals surface area contributed by atoms with Gasteiger partial charge in [0, 0.05) is 31.0 Å². The summed E-state index contributed by atoms with van der Waals surface area (Å²) in [6.45, 7) is 0.900. The molecule has 1 fully saturated rings. The van der Waals surface area contributed by atoms with Crippen LogP contribution in [0.5, 0.6) is 0 Å². The van der Waals surface area contributed by atoms with Gasteiger partial charge in [-0.15, -0.1) is 5.10 Å². The van der Waals surface area contributed by atoms with Crippen LogP contribution in [-0.2, 0) is 22.5 Å². The molecule has 1 atom stereocenters. The van der Waals surface area contributed by atoms with Crippen LogP contribution in [0.25, 0.3) is 16.7 Å². The van der Waals surface area contributed by atoms with Crippen molar-refractivity contribution in [1.82, 2.24) is 24.5 Å². The standard InChI is InChI=1S/C22H20FN5O3/c23-15-6-7-18-19(10-15)28(17-4-2-1-3-5-17)20(24-18)13-27-12-16(25-26-27)11-22(21(29)30)8-9-31-14-22/h1-7,10,12H,8-9,11,13-14H2,(H,29,30). The molecule has 0 bridgehead atoms. The smallest absolute Gasteiger partial charge is 0.312 e. The second-order valence-corrected chi connectivity index (χ2v) is 7.80. The molecule has 0 aliphatic carbocycles. The zero-order chi connectivity index (χ0) is 21.4. The first-order valence-corrected chi connectivity index (χ1v) is 9.97. The summed E-state index contributed by atoms with van der Waals surface area (Å²) in [5.41, 5.74) is 1.82. The van der Waals surface area contributed by atoms with Crippen LogP contribution in [0.15, 0.2) is 54.7 Å². The quantitative estimate of drug-likeness (QED) is 0.514. The molecule has 158 valence electrons. The molecule has 4 aromatic rings. The Hall–Kier alpha value is -3.59. The molecule has 31 heavy (non-hydrogen) atoms. The molecule has 2 aromatic heterocycles. The highest BCUT2D eigenvalue weighted by atomic mass is 19.1. The summed E-state index contributed by atoms with van der Waals surface area (Å²) in [5.74, 6) is -0.551. The maximum atomic E-state index is 13.9. The van der Waals surface area contributed by atoms with Crippen molar-refractivity contribution in [3.05, 3.63) is 72.1 Å². The van der Waals surface area contributed by atoms with Crippen LogP contribution in [0.4, 0.5) is 4.39 Å². The topological polar surface area (TPSA) is 95.1 Å². The molecule has 5 rings (SSSR count). The van der Waals surface area contributed by atoms with Gasteiger partial charge in [0.15, 0.2) is 0 Å². The predicted molar refractivity (Wildman–Crippen MR) is 109 cm³/mol. The third-order valence-electron chi connectivity index (χ3n) is 5.67. The van der Waals surface area contributed by atoms with E-state index in [4.69, 9.17) is 4.74 Å². The first-order chi connectivity index (χ1) is 15.0. The van der Waals surface area contributed by atoms with E-state index in [0.29, 0.717) is 42.1 Å². The normalized spacial score (nSPS) is 18.6. The van der Waals surface area contributed by atoms with Crippen molar-refractivity contribution in [3.8, 4) is 5.69 Å². The maximum Gasteiger partial charge on any atom is 0.312 e. The first kappa shape index (κ1) is 19.4. The summed E-state index contributed by atoms with van der Waals surface area (Å²) >= 11 is 0. The van der Waals surface area contributed by atoms with Crippen LogP contribution in [0.3, 0.4) is 0 Å². The fourth-order valence-corrected chi connectivity index (χ4v) is 4.05. The monoisotopic (exact) mass is 421 g/mol. The van der Waals surface area contributed by atoms with Gasteiger partial charge in [0.1, 0.15) is 18.2 Å². The van der Waals surface area contributed by atoms with Crippen LogP contribution < -0.4 is 0 Å². The number of carboxylic acid groups (broad SMARTS) is 1. The number of hydrogen-bond acceptors (Lipinski definition) is 5. The van der Waals surface area contributed by atoms with Gasteiger partial charge in [0.25, 0.3) is 0 Å². The number of carbonyl (C=O) groups is 1. The van der Waals surface area contributed by atoms with E-state index in [1.807, 2.05) is 34.9 Å². The Morgan fingerprint density at radius 1 is 1.23 bits per heavy atom. The van der Waals surface area contributed by atoms with Gasteiger partial charge in [0.05, 0.1) is 28.7 Å². The largest absolute Gasteiger partial charge is 0.481 e. The van der Waals surface area contributed by atoms with E-state index < -0.39 is 11.4 Å². The molecular weight excluding hydrogens is 401 g/mol. The van der Waals surface area contributed by atoms with Crippen LogP contribution in [0, 0.1) is 11.2 Å². The summed E-state index contributed by atoms with van der Waals surface area (Å²) in [4.78, 5) is 16.4. The maximum absolute atomic E-state index is 13.9. The molecule has 1 N–H and O–H groups in total. The Balaban J connectivity index is 1.48. The average Bonchev–Trinajstić information content (AvgIpc) is 3.48. The van der Waals surface area contributed by atoms with Gasteiger partial charge >= 0.3 is 5.97 Å². The number of aromatic nitrogens is 5. The van der Waals surface area contributed by atoms with Gasteiger partial charge in [-0.2, -0.15) is 0 Å². The molecule has 0 spiro atoms. The number of nitrogens with zero attached hydrogens (tertiary/aromatic N) is 5. The highest BCUT2D eigenvalue weighted by Gasteiger charge is 2.43. The summed E-state index contributed by atoms with van der Waals surface area (Å²) in [7, 11) is 0. The van der Waals surface area contributed by atoms with Crippen molar-refractivity contribution >= 4 is 17.0 Å². The highest BCUT2D eigenvalue weighted by Crippen LogP contribution is 2.32. The second kappa shape index (κ2) is 7.59. The van der Waals surface area contributed by atoms with Gasteiger partial charge < -0.3 is 9.84 Å². The minimum absolute atomic E-state index is 0.171.